The van der Waals surface area contributed by atoms with Crippen molar-refractivity contribution in [3.63, 3.8) is 0 Å². The van der Waals surface area contributed by atoms with E-state index in [1.807, 2.05) is 6.92 Å². The van der Waals surface area contributed by atoms with Crippen molar-refractivity contribution in [2.45, 2.75) is 32.2 Å². The van der Waals surface area contributed by atoms with Gasteiger partial charge in [-0.25, -0.2) is 4.79 Å². The van der Waals surface area contributed by atoms with Crippen molar-refractivity contribution in [2.75, 3.05) is 11.9 Å². The van der Waals surface area contributed by atoms with Crippen molar-refractivity contribution in [3.05, 3.63) is 33.9 Å². The molecule has 0 aromatic heterocycles. The van der Waals surface area contributed by atoms with Gasteiger partial charge in [0.25, 0.3) is 5.69 Å². The molecule has 118 valence electrons. The summed E-state index contributed by atoms with van der Waals surface area (Å²) >= 11 is 0. The third-order valence-electron chi connectivity index (χ3n) is 3.13. The van der Waals surface area contributed by atoms with E-state index < -0.39 is 11.0 Å². The summed E-state index contributed by atoms with van der Waals surface area (Å²) in [5.41, 5.74) is 0.759. The van der Waals surface area contributed by atoms with Crippen LogP contribution in [0.1, 0.15) is 31.7 Å². The van der Waals surface area contributed by atoms with E-state index in [1.165, 1.54) is 6.07 Å². The van der Waals surface area contributed by atoms with Gasteiger partial charge in [0.2, 0.25) is 0 Å². The number of nitro benzene ring substituents is 1. The van der Waals surface area contributed by atoms with Gasteiger partial charge in [-0.15, -0.1) is 6.42 Å². The van der Waals surface area contributed by atoms with Crippen LogP contribution in [0, 0.1) is 22.5 Å². The number of terminal acetylenes is 1. The summed E-state index contributed by atoms with van der Waals surface area (Å²) in [6.07, 6.45) is 6.59. The van der Waals surface area contributed by atoms with Crippen LogP contribution in [-0.2, 0) is 0 Å². The summed E-state index contributed by atoms with van der Waals surface area (Å²) in [5.74, 6) is 2.44. The van der Waals surface area contributed by atoms with E-state index in [4.69, 9.17) is 11.5 Å². The zero-order chi connectivity index (χ0) is 16.5. The topological polar surface area (TPSA) is 105 Å². The third kappa shape index (κ3) is 5.32. The molecule has 3 N–H and O–H groups in total. The molecule has 0 fully saturated rings. The van der Waals surface area contributed by atoms with E-state index in [9.17, 15) is 14.9 Å². The molecule has 0 spiro atoms. The SMILES string of the molecule is C#Cc1cccc([N+](=O)[O-])c1N[C@@H](C)CCCCNC(=O)O. The number of unbranched alkanes of at least 4 members (excludes halogenated alkanes) is 1. The Morgan fingerprint density at radius 1 is 1.50 bits per heavy atom. The molecule has 0 aliphatic carbocycles. The molecular formula is C15H19N3O4. The summed E-state index contributed by atoms with van der Waals surface area (Å²) < 4.78 is 0. The predicted octanol–water partition coefficient (Wildman–Crippen LogP) is 2.81. The molecular weight excluding hydrogens is 286 g/mol. The molecule has 1 amide bonds. The molecule has 0 saturated heterocycles. The number of benzene rings is 1. The first-order chi connectivity index (χ1) is 10.5. The van der Waals surface area contributed by atoms with Crippen LogP contribution >= 0.6 is 0 Å². The van der Waals surface area contributed by atoms with Gasteiger partial charge >= 0.3 is 6.09 Å². The number of nitro groups is 1. The van der Waals surface area contributed by atoms with Gasteiger partial charge in [0, 0.05) is 18.7 Å². The first-order valence-corrected chi connectivity index (χ1v) is 6.93. The van der Waals surface area contributed by atoms with Crippen molar-refractivity contribution < 1.29 is 14.8 Å². The number of rotatable bonds is 8. The second kappa shape index (κ2) is 8.52. The Morgan fingerprint density at radius 2 is 2.23 bits per heavy atom. The van der Waals surface area contributed by atoms with Gasteiger partial charge in [0.1, 0.15) is 5.69 Å². The van der Waals surface area contributed by atoms with Gasteiger partial charge in [0.15, 0.2) is 0 Å². The largest absolute Gasteiger partial charge is 0.465 e. The third-order valence-corrected chi connectivity index (χ3v) is 3.13. The average Bonchev–Trinajstić information content (AvgIpc) is 2.46. The summed E-state index contributed by atoms with van der Waals surface area (Å²) in [4.78, 5) is 20.9. The van der Waals surface area contributed by atoms with Crippen molar-refractivity contribution in [2.24, 2.45) is 0 Å². The first kappa shape index (κ1) is 17.3. The van der Waals surface area contributed by atoms with Gasteiger partial charge in [-0.05, 0) is 32.3 Å². The lowest BCUT2D eigenvalue weighted by molar-refractivity contribution is -0.384. The molecule has 1 aromatic rings. The zero-order valence-corrected chi connectivity index (χ0v) is 12.3. The second-order valence-corrected chi connectivity index (χ2v) is 4.87. The molecule has 0 aliphatic rings. The Bertz CT molecular complexity index is 581. The second-order valence-electron chi connectivity index (χ2n) is 4.87. The number of anilines is 1. The molecule has 0 heterocycles. The summed E-state index contributed by atoms with van der Waals surface area (Å²) in [7, 11) is 0. The zero-order valence-electron chi connectivity index (χ0n) is 12.3. The number of hydrogen-bond donors (Lipinski definition) is 3. The molecule has 7 heteroatoms. The maximum atomic E-state index is 11.1. The lowest BCUT2D eigenvalue weighted by Crippen LogP contribution is -2.22. The fourth-order valence-corrected chi connectivity index (χ4v) is 2.05. The maximum absolute atomic E-state index is 11.1. The van der Waals surface area contributed by atoms with E-state index in [0.717, 1.165) is 12.8 Å². The number of nitrogens with one attached hydrogen (secondary N) is 2. The van der Waals surface area contributed by atoms with Gasteiger partial charge < -0.3 is 15.7 Å². The first-order valence-electron chi connectivity index (χ1n) is 6.93. The Labute approximate surface area is 128 Å². The Kier molecular flexibility index (Phi) is 6.70. The van der Waals surface area contributed by atoms with Crippen LogP contribution < -0.4 is 10.6 Å². The van der Waals surface area contributed by atoms with Crippen LogP contribution in [0.5, 0.6) is 0 Å². The van der Waals surface area contributed by atoms with Crippen molar-refractivity contribution >= 4 is 17.5 Å². The smallest absolute Gasteiger partial charge is 0.404 e. The Hall–Kier alpha value is -2.75. The van der Waals surface area contributed by atoms with Crippen LogP contribution in [0.3, 0.4) is 0 Å². The van der Waals surface area contributed by atoms with Crippen LogP contribution in [0.25, 0.3) is 0 Å². The van der Waals surface area contributed by atoms with Crippen LogP contribution in [0.15, 0.2) is 18.2 Å². The van der Waals surface area contributed by atoms with Crippen molar-refractivity contribution in [3.8, 4) is 12.3 Å². The van der Waals surface area contributed by atoms with Crippen molar-refractivity contribution in [1.29, 1.82) is 0 Å². The molecule has 0 saturated carbocycles. The molecule has 0 aliphatic heterocycles. The molecule has 0 radical (unpaired) electrons. The van der Waals surface area contributed by atoms with E-state index in [1.54, 1.807) is 12.1 Å². The highest BCUT2D eigenvalue weighted by atomic mass is 16.6. The lowest BCUT2D eigenvalue weighted by Gasteiger charge is -2.16. The standard InChI is InChI=1S/C15H19N3O4/c1-3-12-8-6-9-13(18(21)22)14(12)17-11(2)7-4-5-10-16-15(19)20/h1,6,8-9,11,16-17H,4-5,7,10H2,2H3,(H,19,20)/t11-/m0/s1. The highest BCUT2D eigenvalue weighted by molar-refractivity contribution is 5.70. The van der Waals surface area contributed by atoms with Gasteiger partial charge in [-0.2, -0.15) is 0 Å². The minimum Gasteiger partial charge on any atom is -0.465 e. The number of hydrogen-bond acceptors (Lipinski definition) is 4. The monoisotopic (exact) mass is 305 g/mol. The summed E-state index contributed by atoms with van der Waals surface area (Å²) in [6, 6.07) is 4.60. The van der Waals surface area contributed by atoms with E-state index in [2.05, 4.69) is 16.6 Å². The number of para-hydroxylation sites is 1. The molecule has 1 aromatic carbocycles. The van der Waals surface area contributed by atoms with E-state index >= 15 is 0 Å². The molecule has 1 rings (SSSR count). The van der Waals surface area contributed by atoms with Crippen LogP contribution in [0.2, 0.25) is 0 Å². The minimum atomic E-state index is -1.04. The van der Waals surface area contributed by atoms with Gasteiger partial charge in [0.05, 0.1) is 10.5 Å². The van der Waals surface area contributed by atoms with Crippen LogP contribution in [0.4, 0.5) is 16.2 Å². The number of carboxylic acid groups (broad SMARTS) is 1. The number of amides is 1. The predicted molar refractivity (Wildman–Crippen MR) is 84.0 cm³/mol. The normalized spacial score (nSPS) is 11.3. The fraction of sp³-hybridized carbons (Fsp3) is 0.400. The molecule has 0 unspecified atom stereocenters. The van der Waals surface area contributed by atoms with Gasteiger partial charge in [-0.3, -0.25) is 10.1 Å². The van der Waals surface area contributed by atoms with Crippen LogP contribution in [-0.4, -0.2) is 28.7 Å². The summed E-state index contributed by atoms with van der Waals surface area (Å²) in [5, 5.41) is 24.9. The molecule has 0 bridgehead atoms. The molecule has 22 heavy (non-hydrogen) atoms. The van der Waals surface area contributed by atoms with Gasteiger partial charge in [-0.1, -0.05) is 12.0 Å². The fourth-order valence-electron chi connectivity index (χ4n) is 2.05. The van der Waals surface area contributed by atoms with E-state index in [0.29, 0.717) is 24.2 Å². The van der Waals surface area contributed by atoms with Crippen molar-refractivity contribution in [1.82, 2.24) is 5.32 Å². The molecule has 1 atom stereocenters. The quantitative estimate of drug-likeness (QED) is 0.296. The Morgan fingerprint density at radius 3 is 2.82 bits per heavy atom. The number of carbonyl (C=O) groups is 1. The molecule has 7 nitrogen and oxygen atoms in total. The van der Waals surface area contributed by atoms with E-state index in [-0.39, 0.29) is 11.7 Å². The maximum Gasteiger partial charge on any atom is 0.404 e. The average molecular weight is 305 g/mol. The highest BCUT2D eigenvalue weighted by Gasteiger charge is 2.18. The lowest BCUT2D eigenvalue weighted by atomic mass is 10.1. The highest BCUT2D eigenvalue weighted by Crippen LogP contribution is 2.28. The summed E-state index contributed by atoms with van der Waals surface area (Å²) in [6.45, 7) is 2.30. The Balaban J connectivity index is 2.60. The minimum absolute atomic E-state index is 0.0157. The number of nitrogens with zero attached hydrogens (tertiary/aromatic N) is 1.